The SMILES string of the molecule is NC1CCN(CC(=O)Cc2cccc(F)c2Cl)CC1. The summed E-state index contributed by atoms with van der Waals surface area (Å²) in [4.78, 5) is 14.1. The van der Waals surface area contributed by atoms with E-state index in [0.29, 0.717) is 12.1 Å². The average Bonchev–Trinajstić information content (AvgIpc) is 2.38. The van der Waals surface area contributed by atoms with Crippen molar-refractivity contribution in [2.24, 2.45) is 5.73 Å². The summed E-state index contributed by atoms with van der Waals surface area (Å²) in [6.45, 7) is 2.09. The largest absolute Gasteiger partial charge is 0.328 e. The Bertz CT molecular complexity index is 459. The maximum absolute atomic E-state index is 13.3. The van der Waals surface area contributed by atoms with Gasteiger partial charge in [-0.15, -0.1) is 0 Å². The number of rotatable bonds is 4. The highest BCUT2D eigenvalue weighted by Gasteiger charge is 2.19. The average molecular weight is 285 g/mol. The van der Waals surface area contributed by atoms with Gasteiger partial charge in [-0.25, -0.2) is 4.39 Å². The zero-order valence-electron chi connectivity index (χ0n) is 10.7. The second kappa shape index (κ2) is 6.46. The van der Waals surface area contributed by atoms with E-state index in [4.69, 9.17) is 17.3 Å². The normalized spacial score (nSPS) is 17.6. The summed E-state index contributed by atoms with van der Waals surface area (Å²) in [5.74, 6) is -0.418. The molecule has 19 heavy (non-hydrogen) atoms. The van der Waals surface area contributed by atoms with E-state index in [-0.39, 0.29) is 23.3 Å². The van der Waals surface area contributed by atoms with E-state index in [0.717, 1.165) is 25.9 Å². The van der Waals surface area contributed by atoms with Crippen molar-refractivity contribution < 1.29 is 9.18 Å². The zero-order chi connectivity index (χ0) is 13.8. The Morgan fingerprint density at radius 2 is 2.11 bits per heavy atom. The van der Waals surface area contributed by atoms with Crippen molar-refractivity contribution in [1.82, 2.24) is 4.90 Å². The van der Waals surface area contributed by atoms with Gasteiger partial charge in [0.15, 0.2) is 5.78 Å². The maximum Gasteiger partial charge on any atom is 0.151 e. The number of Topliss-reactive ketones (excluding diaryl/α,β-unsaturated/α-hetero) is 1. The molecule has 3 nitrogen and oxygen atoms in total. The number of likely N-dealkylation sites (tertiary alicyclic amines) is 1. The lowest BCUT2D eigenvalue weighted by molar-refractivity contribution is -0.119. The molecule has 1 aliphatic rings. The first kappa shape index (κ1) is 14.4. The Balaban J connectivity index is 1.89. The number of hydrogen-bond acceptors (Lipinski definition) is 3. The topological polar surface area (TPSA) is 46.3 Å². The molecule has 104 valence electrons. The van der Waals surface area contributed by atoms with Crippen molar-refractivity contribution in [2.45, 2.75) is 25.3 Å². The van der Waals surface area contributed by atoms with Crippen molar-refractivity contribution in [3.8, 4) is 0 Å². The third-order valence-electron chi connectivity index (χ3n) is 3.45. The summed E-state index contributed by atoms with van der Waals surface area (Å²) in [7, 11) is 0. The van der Waals surface area contributed by atoms with E-state index in [1.165, 1.54) is 6.07 Å². The van der Waals surface area contributed by atoms with Crippen molar-refractivity contribution >= 4 is 17.4 Å². The molecule has 0 spiro atoms. The minimum absolute atomic E-state index is 0.0523. The molecule has 1 saturated heterocycles. The second-order valence-electron chi connectivity index (χ2n) is 5.04. The van der Waals surface area contributed by atoms with Gasteiger partial charge in [-0.1, -0.05) is 23.7 Å². The minimum Gasteiger partial charge on any atom is -0.328 e. The third-order valence-corrected chi connectivity index (χ3v) is 3.87. The summed E-state index contributed by atoms with van der Waals surface area (Å²) < 4.78 is 13.3. The van der Waals surface area contributed by atoms with Crippen LogP contribution in [0.5, 0.6) is 0 Å². The molecule has 2 N–H and O–H groups in total. The molecule has 1 aliphatic heterocycles. The Morgan fingerprint density at radius 3 is 2.79 bits per heavy atom. The van der Waals surface area contributed by atoms with E-state index < -0.39 is 5.82 Å². The van der Waals surface area contributed by atoms with E-state index >= 15 is 0 Å². The lowest BCUT2D eigenvalue weighted by atomic mass is 10.0. The first-order valence-corrected chi connectivity index (χ1v) is 6.86. The number of benzene rings is 1. The molecule has 0 aromatic heterocycles. The molecule has 1 fully saturated rings. The number of halogens is 2. The first-order chi connectivity index (χ1) is 9.06. The molecule has 1 aromatic rings. The van der Waals surface area contributed by atoms with Crippen LogP contribution in [0, 0.1) is 5.82 Å². The van der Waals surface area contributed by atoms with Gasteiger partial charge < -0.3 is 5.73 Å². The molecular formula is C14H18ClFN2O. The van der Waals surface area contributed by atoms with Crippen LogP contribution in [-0.4, -0.2) is 36.4 Å². The van der Waals surface area contributed by atoms with Crippen molar-refractivity contribution in [3.05, 3.63) is 34.6 Å². The van der Waals surface area contributed by atoms with E-state index in [1.54, 1.807) is 12.1 Å². The number of hydrogen-bond donors (Lipinski definition) is 1. The predicted molar refractivity (Wildman–Crippen MR) is 73.8 cm³/mol. The Hall–Kier alpha value is -0.970. The van der Waals surface area contributed by atoms with Crippen molar-refractivity contribution in [1.29, 1.82) is 0 Å². The van der Waals surface area contributed by atoms with Gasteiger partial charge in [-0.3, -0.25) is 9.69 Å². The highest BCUT2D eigenvalue weighted by Crippen LogP contribution is 2.20. The molecular weight excluding hydrogens is 267 g/mol. The van der Waals surface area contributed by atoms with Crippen LogP contribution in [0.2, 0.25) is 5.02 Å². The van der Waals surface area contributed by atoms with Crippen molar-refractivity contribution in [2.75, 3.05) is 19.6 Å². The van der Waals surface area contributed by atoms with Crippen LogP contribution in [-0.2, 0) is 11.2 Å². The Labute approximate surface area is 117 Å². The molecule has 1 aromatic carbocycles. The Morgan fingerprint density at radius 1 is 1.42 bits per heavy atom. The van der Waals surface area contributed by atoms with Crippen LogP contribution in [0.25, 0.3) is 0 Å². The highest BCUT2D eigenvalue weighted by molar-refractivity contribution is 6.31. The van der Waals surface area contributed by atoms with Gasteiger partial charge in [0.2, 0.25) is 0 Å². The monoisotopic (exact) mass is 284 g/mol. The molecule has 2 rings (SSSR count). The van der Waals surface area contributed by atoms with Gasteiger partial charge >= 0.3 is 0 Å². The van der Waals surface area contributed by atoms with Crippen molar-refractivity contribution in [3.63, 3.8) is 0 Å². The molecule has 0 atom stereocenters. The van der Waals surface area contributed by atoms with Crippen LogP contribution >= 0.6 is 11.6 Å². The quantitative estimate of drug-likeness (QED) is 0.920. The number of nitrogens with two attached hydrogens (primary N) is 1. The lowest BCUT2D eigenvalue weighted by Gasteiger charge is -2.29. The minimum atomic E-state index is -0.476. The van der Waals surface area contributed by atoms with Gasteiger partial charge in [0.1, 0.15) is 5.82 Å². The molecule has 0 amide bonds. The number of piperidine rings is 1. The summed E-state index contributed by atoms with van der Waals surface area (Å²) in [5.41, 5.74) is 6.37. The first-order valence-electron chi connectivity index (χ1n) is 6.49. The van der Waals surface area contributed by atoms with Gasteiger partial charge in [-0.2, -0.15) is 0 Å². The molecule has 0 unspecified atom stereocenters. The van der Waals surface area contributed by atoms with E-state index in [1.807, 2.05) is 0 Å². The van der Waals surface area contributed by atoms with Crippen LogP contribution in [0.3, 0.4) is 0 Å². The number of ketones is 1. The number of carbonyl (C=O) groups is 1. The predicted octanol–water partition coefficient (Wildman–Crippen LogP) is 2.01. The standard InChI is InChI=1S/C14H18ClFN2O/c15-14-10(2-1-3-13(14)16)8-12(19)9-18-6-4-11(17)5-7-18/h1-3,11H,4-9,17H2. The molecule has 0 saturated carbocycles. The fourth-order valence-corrected chi connectivity index (χ4v) is 2.51. The number of carbonyl (C=O) groups excluding carboxylic acids is 1. The molecule has 5 heteroatoms. The van der Waals surface area contributed by atoms with E-state index in [2.05, 4.69) is 4.90 Å². The lowest BCUT2D eigenvalue weighted by Crippen LogP contribution is -2.42. The third kappa shape index (κ3) is 4.00. The maximum atomic E-state index is 13.3. The van der Waals surface area contributed by atoms with Crippen LogP contribution < -0.4 is 5.73 Å². The molecule has 0 radical (unpaired) electrons. The fourth-order valence-electron chi connectivity index (χ4n) is 2.31. The smallest absolute Gasteiger partial charge is 0.151 e. The highest BCUT2D eigenvalue weighted by atomic mass is 35.5. The van der Waals surface area contributed by atoms with Gasteiger partial charge in [0.05, 0.1) is 11.6 Å². The molecule has 1 heterocycles. The van der Waals surface area contributed by atoms with Gasteiger partial charge in [-0.05, 0) is 24.5 Å². The van der Waals surface area contributed by atoms with Gasteiger partial charge in [0.25, 0.3) is 0 Å². The second-order valence-corrected chi connectivity index (χ2v) is 5.42. The zero-order valence-corrected chi connectivity index (χ0v) is 11.5. The van der Waals surface area contributed by atoms with Crippen LogP contribution in [0.15, 0.2) is 18.2 Å². The molecule has 0 bridgehead atoms. The fraction of sp³-hybridized carbons (Fsp3) is 0.500. The Kier molecular flexibility index (Phi) is 4.91. The van der Waals surface area contributed by atoms with Crippen LogP contribution in [0.4, 0.5) is 4.39 Å². The van der Waals surface area contributed by atoms with E-state index in [9.17, 15) is 9.18 Å². The summed E-state index contributed by atoms with van der Waals surface area (Å²) in [6.07, 6.45) is 2.03. The summed E-state index contributed by atoms with van der Waals surface area (Å²) >= 11 is 5.84. The summed E-state index contributed by atoms with van der Waals surface area (Å²) in [6, 6.07) is 4.81. The number of nitrogens with zero attached hydrogens (tertiary/aromatic N) is 1. The molecule has 0 aliphatic carbocycles. The summed E-state index contributed by atoms with van der Waals surface area (Å²) in [5, 5.41) is 0.0523. The van der Waals surface area contributed by atoms with Crippen LogP contribution in [0.1, 0.15) is 18.4 Å². The van der Waals surface area contributed by atoms with Gasteiger partial charge in [0, 0.05) is 25.6 Å².